The van der Waals surface area contributed by atoms with Gasteiger partial charge in [0.15, 0.2) is 0 Å². The summed E-state index contributed by atoms with van der Waals surface area (Å²) in [6, 6.07) is 2.34. The van der Waals surface area contributed by atoms with Crippen molar-refractivity contribution >= 4 is 5.90 Å². The Morgan fingerprint density at radius 1 is 1.41 bits per heavy atom. The van der Waals surface area contributed by atoms with Crippen LogP contribution in [0.5, 0.6) is 0 Å². The summed E-state index contributed by atoms with van der Waals surface area (Å²) in [5.41, 5.74) is 2.18. The zero-order valence-electron chi connectivity index (χ0n) is 14.0. The molecule has 1 unspecified atom stereocenters. The fraction of sp³-hybridized carbons (Fsp3) is 0.684. The first-order valence-corrected chi connectivity index (χ1v) is 8.58. The van der Waals surface area contributed by atoms with Crippen molar-refractivity contribution in [1.82, 2.24) is 0 Å². The third-order valence-corrected chi connectivity index (χ3v) is 4.82. The minimum Gasteiger partial charge on any atom is -0.474 e. The van der Waals surface area contributed by atoms with Crippen molar-refractivity contribution in [3.05, 3.63) is 23.8 Å². The molecular formula is C19H28N2O. The Morgan fingerprint density at radius 3 is 2.77 bits per heavy atom. The lowest BCUT2D eigenvalue weighted by Crippen LogP contribution is -2.23. The Morgan fingerprint density at radius 2 is 2.14 bits per heavy atom. The van der Waals surface area contributed by atoms with Gasteiger partial charge in [-0.1, -0.05) is 19.1 Å². The van der Waals surface area contributed by atoms with E-state index in [9.17, 15) is 0 Å². The van der Waals surface area contributed by atoms with Crippen LogP contribution in [0.2, 0.25) is 0 Å². The molecule has 0 bridgehead atoms. The van der Waals surface area contributed by atoms with Gasteiger partial charge in [-0.3, -0.25) is 4.99 Å². The van der Waals surface area contributed by atoms with Gasteiger partial charge in [0.2, 0.25) is 5.90 Å². The molecule has 0 aromatic heterocycles. The third-order valence-electron chi connectivity index (χ3n) is 4.82. The van der Waals surface area contributed by atoms with E-state index in [1.807, 2.05) is 6.92 Å². The van der Waals surface area contributed by atoms with Crippen LogP contribution in [0.1, 0.15) is 58.3 Å². The molecule has 2 aliphatic rings. The normalized spacial score (nSPS) is 24.5. The smallest absolute Gasteiger partial charge is 0.215 e. The van der Waals surface area contributed by atoms with Crippen LogP contribution in [0.4, 0.5) is 0 Å². The van der Waals surface area contributed by atoms with Gasteiger partial charge in [-0.2, -0.15) is 5.26 Å². The number of nitriles is 1. The number of hydrogen-bond acceptors (Lipinski definition) is 3. The molecule has 120 valence electrons. The lowest BCUT2D eigenvalue weighted by Gasteiger charge is -2.26. The Hall–Kier alpha value is -1.56. The van der Waals surface area contributed by atoms with Crippen LogP contribution in [0.15, 0.2) is 28.8 Å². The Labute approximate surface area is 134 Å². The number of allylic oxidation sites excluding steroid dienone is 1. The van der Waals surface area contributed by atoms with Gasteiger partial charge in [0.05, 0.1) is 6.07 Å². The average Bonchev–Trinajstić information content (AvgIpc) is 3.00. The molecule has 0 radical (unpaired) electrons. The highest BCUT2D eigenvalue weighted by Gasteiger charge is 2.27. The van der Waals surface area contributed by atoms with E-state index in [1.54, 1.807) is 7.05 Å². The molecule has 3 heteroatoms. The fourth-order valence-corrected chi connectivity index (χ4v) is 3.58. The zero-order valence-corrected chi connectivity index (χ0v) is 14.0. The molecule has 0 saturated heterocycles. The first-order chi connectivity index (χ1) is 10.7. The summed E-state index contributed by atoms with van der Waals surface area (Å²) in [5, 5.41) is 9.05. The highest BCUT2D eigenvalue weighted by molar-refractivity contribution is 5.97. The summed E-state index contributed by atoms with van der Waals surface area (Å²) in [4.78, 5) is 4.35. The average molecular weight is 300 g/mol. The minimum absolute atomic E-state index is 0.0839. The standard InChI is InChI=1S/C19H28N2O/c1-14(13-20)12-16-8-7-11-18(16)15(2)19(21-3)22-17-9-5-4-6-10-17/h11,14,16-17H,2,4-10,12H2,1,3H3/t14?,16-/m1/s1. The SMILES string of the molecule is C=C(C1=CCC[C@@H]1CC(C)C#N)C(=NC)OC1CCCCC1. The molecule has 0 heterocycles. The summed E-state index contributed by atoms with van der Waals surface area (Å²) in [7, 11) is 1.78. The topological polar surface area (TPSA) is 45.4 Å². The van der Waals surface area contributed by atoms with Crippen molar-refractivity contribution in [3.63, 3.8) is 0 Å². The predicted octanol–water partition coefficient (Wildman–Crippen LogP) is 4.81. The molecule has 22 heavy (non-hydrogen) atoms. The monoisotopic (exact) mass is 300 g/mol. The van der Waals surface area contributed by atoms with E-state index in [4.69, 9.17) is 10.00 Å². The van der Waals surface area contributed by atoms with E-state index >= 15 is 0 Å². The van der Waals surface area contributed by atoms with Crippen LogP contribution >= 0.6 is 0 Å². The Kier molecular flexibility index (Phi) is 6.24. The molecule has 0 N–H and O–H groups in total. The van der Waals surface area contributed by atoms with Gasteiger partial charge in [-0.25, -0.2) is 0 Å². The molecular weight excluding hydrogens is 272 g/mol. The van der Waals surface area contributed by atoms with Gasteiger partial charge in [0, 0.05) is 18.5 Å². The Balaban J connectivity index is 2.00. The number of ether oxygens (including phenoxy) is 1. The largest absolute Gasteiger partial charge is 0.474 e. The second kappa shape index (κ2) is 8.17. The van der Waals surface area contributed by atoms with E-state index in [-0.39, 0.29) is 5.92 Å². The maximum Gasteiger partial charge on any atom is 0.215 e. The van der Waals surface area contributed by atoms with E-state index < -0.39 is 0 Å². The Bertz CT molecular complexity index is 492. The summed E-state index contributed by atoms with van der Waals surface area (Å²) in [6.07, 6.45) is 11.7. The minimum atomic E-state index is 0.0839. The van der Waals surface area contributed by atoms with Crippen molar-refractivity contribution in [3.8, 4) is 6.07 Å². The lowest BCUT2D eigenvalue weighted by atomic mass is 9.88. The van der Waals surface area contributed by atoms with E-state index in [0.29, 0.717) is 17.9 Å². The molecule has 0 aromatic rings. The van der Waals surface area contributed by atoms with Crippen LogP contribution in [0, 0.1) is 23.2 Å². The van der Waals surface area contributed by atoms with E-state index in [1.165, 1.54) is 24.8 Å². The van der Waals surface area contributed by atoms with Crippen molar-refractivity contribution in [1.29, 1.82) is 5.26 Å². The number of nitrogens with zero attached hydrogens (tertiary/aromatic N) is 2. The number of hydrogen-bond donors (Lipinski definition) is 0. The molecule has 0 amide bonds. The maximum atomic E-state index is 9.05. The molecule has 2 rings (SSSR count). The second-order valence-electron chi connectivity index (χ2n) is 6.58. The summed E-state index contributed by atoms with van der Waals surface area (Å²) >= 11 is 0. The van der Waals surface area contributed by atoms with Gasteiger partial charge in [-0.05, 0) is 63.4 Å². The summed E-state index contributed by atoms with van der Waals surface area (Å²) in [6.45, 7) is 6.24. The predicted molar refractivity (Wildman–Crippen MR) is 90.7 cm³/mol. The lowest BCUT2D eigenvalue weighted by molar-refractivity contribution is 0.143. The summed E-state index contributed by atoms with van der Waals surface area (Å²) < 4.78 is 6.14. The van der Waals surface area contributed by atoms with Crippen molar-refractivity contribution < 1.29 is 4.74 Å². The van der Waals surface area contributed by atoms with Gasteiger partial charge in [-0.15, -0.1) is 0 Å². The van der Waals surface area contributed by atoms with Crippen LogP contribution in [0.25, 0.3) is 0 Å². The number of rotatable bonds is 5. The third kappa shape index (κ3) is 4.22. The van der Waals surface area contributed by atoms with Crippen LogP contribution < -0.4 is 0 Å². The highest BCUT2D eigenvalue weighted by atomic mass is 16.5. The molecule has 1 fully saturated rings. The zero-order chi connectivity index (χ0) is 15.9. The van der Waals surface area contributed by atoms with Gasteiger partial charge < -0.3 is 4.74 Å². The van der Waals surface area contributed by atoms with Crippen LogP contribution in [0.3, 0.4) is 0 Å². The molecule has 0 spiro atoms. The summed E-state index contributed by atoms with van der Waals surface area (Å²) in [5.74, 6) is 1.21. The first kappa shape index (κ1) is 16.8. The van der Waals surface area contributed by atoms with Crippen LogP contribution in [-0.4, -0.2) is 19.0 Å². The van der Waals surface area contributed by atoms with Crippen molar-refractivity contribution in [2.75, 3.05) is 7.05 Å². The molecule has 1 saturated carbocycles. The van der Waals surface area contributed by atoms with Gasteiger partial charge >= 0.3 is 0 Å². The molecule has 0 aromatic carbocycles. The van der Waals surface area contributed by atoms with Gasteiger partial charge in [0.25, 0.3) is 0 Å². The van der Waals surface area contributed by atoms with E-state index in [0.717, 1.165) is 37.7 Å². The van der Waals surface area contributed by atoms with Crippen molar-refractivity contribution in [2.45, 2.75) is 64.4 Å². The van der Waals surface area contributed by atoms with Gasteiger partial charge in [0.1, 0.15) is 6.10 Å². The van der Waals surface area contributed by atoms with Crippen LogP contribution in [-0.2, 0) is 4.74 Å². The molecule has 0 aliphatic heterocycles. The highest BCUT2D eigenvalue weighted by Crippen LogP contribution is 2.36. The fourth-order valence-electron chi connectivity index (χ4n) is 3.58. The second-order valence-corrected chi connectivity index (χ2v) is 6.58. The molecule has 2 atom stereocenters. The quantitative estimate of drug-likeness (QED) is 0.540. The first-order valence-electron chi connectivity index (χ1n) is 8.58. The maximum absolute atomic E-state index is 9.05. The van der Waals surface area contributed by atoms with E-state index in [2.05, 4.69) is 23.7 Å². The molecule has 2 aliphatic carbocycles. The number of aliphatic imine (C=N–C) groups is 1. The molecule has 3 nitrogen and oxygen atoms in total. The van der Waals surface area contributed by atoms with Crippen molar-refractivity contribution in [2.24, 2.45) is 16.8 Å².